The predicted molar refractivity (Wildman–Crippen MR) is 82.3 cm³/mol. The highest BCUT2D eigenvalue weighted by Crippen LogP contribution is 2.23. The highest BCUT2D eigenvalue weighted by Gasteiger charge is 2.13. The molecule has 0 aliphatic heterocycles. The van der Waals surface area contributed by atoms with Gasteiger partial charge >= 0.3 is 0 Å². The van der Waals surface area contributed by atoms with E-state index in [0.717, 1.165) is 15.8 Å². The maximum atomic E-state index is 5.41. The fourth-order valence-electron chi connectivity index (χ4n) is 1.97. The quantitative estimate of drug-likeness (QED) is 0.782. The molecule has 0 radical (unpaired) electrons. The highest BCUT2D eigenvalue weighted by molar-refractivity contribution is 9.10. The van der Waals surface area contributed by atoms with E-state index in [2.05, 4.69) is 36.5 Å². The van der Waals surface area contributed by atoms with Crippen LogP contribution in [0.25, 0.3) is 5.69 Å². The summed E-state index contributed by atoms with van der Waals surface area (Å²) in [6, 6.07) is 7.83. The van der Waals surface area contributed by atoms with Gasteiger partial charge in [0.25, 0.3) is 0 Å². The third-order valence-electron chi connectivity index (χ3n) is 2.98. The molecule has 0 bridgehead atoms. The molecule has 7 heteroatoms. The number of aryl methyl sites for hydroxylation is 1. The Balaban J connectivity index is 1.78. The topological polar surface area (TPSA) is 68.8 Å². The zero-order valence-electron chi connectivity index (χ0n) is 11.6. The Hall–Kier alpha value is -2.15. The van der Waals surface area contributed by atoms with Crippen LogP contribution in [-0.4, -0.2) is 20.0 Å². The van der Waals surface area contributed by atoms with Crippen molar-refractivity contribution in [3.05, 3.63) is 52.9 Å². The molecule has 3 aromatic rings. The van der Waals surface area contributed by atoms with Crippen LogP contribution in [0.2, 0.25) is 0 Å². The van der Waals surface area contributed by atoms with E-state index in [4.69, 9.17) is 4.42 Å². The van der Waals surface area contributed by atoms with Crippen molar-refractivity contribution in [3.8, 4) is 5.69 Å². The van der Waals surface area contributed by atoms with Crippen molar-refractivity contribution >= 4 is 21.6 Å². The first-order chi connectivity index (χ1) is 10.1. The third-order valence-corrected chi connectivity index (χ3v) is 3.65. The molecule has 0 spiro atoms. The molecule has 2 heterocycles. The molecule has 0 unspecified atom stereocenters. The molecule has 1 aromatic carbocycles. The molecule has 108 valence electrons. The predicted octanol–water partition coefficient (Wildman–Crippen LogP) is 3.50. The van der Waals surface area contributed by atoms with E-state index < -0.39 is 0 Å². The molecule has 0 aliphatic rings. The third kappa shape index (κ3) is 2.97. The molecule has 2 aromatic heterocycles. The van der Waals surface area contributed by atoms with Crippen LogP contribution in [-0.2, 0) is 0 Å². The Labute approximate surface area is 130 Å². The molecule has 3 rings (SSSR count). The Morgan fingerprint density at radius 3 is 2.81 bits per heavy atom. The smallest absolute Gasteiger partial charge is 0.238 e. The van der Waals surface area contributed by atoms with E-state index in [1.807, 2.05) is 37.4 Å². The van der Waals surface area contributed by atoms with E-state index in [9.17, 15) is 0 Å². The van der Waals surface area contributed by atoms with Gasteiger partial charge in [-0.1, -0.05) is 12.1 Å². The summed E-state index contributed by atoms with van der Waals surface area (Å²) in [5.74, 6) is 1.11. The second-order valence-corrected chi connectivity index (χ2v) is 5.50. The molecule has 0 fully saturated rings. The van der Waals surface area contributed by atoms with Gasteiger partial charge in [-0.15, -0.1) is 10.2 Å². The number of nitrogens with zero attached hydrogens (tertiary/aromatic N) is 4. The van der Waals surface area contributed by atoms with Gasteiger partial charge in [-0.05, 0) is 35.0 Å². The van der Waals surface area contributed by atoms with E-state index in [-0.39, 0.29) is 6.04 Å². The molecule has 1 N–H and O–H groups in total. The lowest BCUT2D eigenvalue weighted by Gasteiger charge is -2.08. The monoisotopic (exact) mass is 347 g/mol. The van der Waals surface area contributed by atoms with Crippen LogP contribution in [0.4, 0.5) is 5.69 Å². The first-order valence-corrected chi connectivity index (χ1v) is 7.29. The van der Waals surface area contributed by atoms with Crippen LogP contribution in [0.5, 0.6) is 0 Å². The van der Waals surface area contributed by atoms with Crippen LogP contribution >= 0.6 is 15.9 Å². The standard InChI is InChI=1S/C14H14BrN5O/c1-9(14-19-18-10(2)21-14)17-11-7-16-20(8-11)13-6-4-3-5-12(13)15/h3-9,17H,1-2H3/t9-/m1/s1. The Morgan fingerprint density at radius 2 is 2.10 bits per heavy atom. The van der Waals surface area contributed by atoms with E-state index in [1.54, 1.807) is 17.8 Å². The lowest BCUT2D eigenvalue weighted by atomic mass is 10.3. The van der Waals surface area contributed by atoms with Gasteiger partial charge in [0, 0.05) is 11.4 Å². The largest absolute Gasteiger partial charge is 0.423 e. The Morgan fingerprint density at radius 1 is 1.29 bits per heavy atom. The van der Waals surface area contributed by atoms with Gasteiger partial charge < -0.3 is 9.73 Å². The Kier molecular flexibility index (Phi) is 3.74. The van der Waals surface area contributed by atoms with Crippen LogP contribution in [0.3, 0.4) is 0 Å². The SMILES string of the molecule is Cc1nnc([C@@H](C)Nc2cnn(-c3ccccc3Br)c2)o1. The summed E-state index contributed by atoms with van der Waals surface area (Å²) in [7, 11) is 0. The van der Waals surface area contributed by atoms with Gasteiger partial charge in [-0.3, -0.25) is 0 Å². The minimum absolute atomic E-state index is 0.0805. The maximum absolute atomic E-state index is 5.41. The fourth-order valence-corrected chi connectivity index (χ4v) is 2.43. The van der Waals surface area contributed by atoms with Crippen molar-refractivity contribution in [1.29, 1.82) is 0 Å². The number of halogens is 1. The molecule has 6 nitrogen and oxygen atoms in total. The minimum atomic E-state index is -0.0805. The van der Waals surface area contributed by atoms with Crippen molar-refractivity contribution < 1.29 is 4.42 Å². The van der Waals surface area contributed by atoms with Crippen molar-refractivity contribution in [3.63, 3.8) is 0 Å². The average molecular weight is 348 g/mol. The lowest BCUT2D eigenvalue weighted by molar-refractivity contribution is 0.451. The zero-order valence-corrected chi connectivity index (χ0v) is 13.2. The Bertz CT molecular complexity index is 751. The molecule has 1 atom stereocenters. The van der Waals surface area contributed by atoms with E-state index in [1.165, 1.54) is 0 Å². The second-order valence-electron chi connectivity index (χ2n) is 4.65. The van der Waals surface area contributed by atoms with E-state index >= 15 is 0 Å². The number of rotatable bonds is 4. The molecular weight excluding hydrogens is 334 g/mol. The van der Waals surface area contributed by atoms with Crippen LogP contribution in [0.15, 0.2) is 45.5 Å². The second kappa shape index (κ2) is 5.69. The summed E-state index contributed by atoms with van der Waals surface area (Å²) < 4.78 is 8.20. The van der Waals surface area contributed by atoms with Gasteiger partial charge in [-0.25, -0.2) is 4.68 Å². The summed E-state index contributed by atoms with van der Waals surface area (Å²) in [4.78, 5) is 0. The number of hydrogen-bond donors (Lipinski definition) is 1. The number of hydrogen-bond acceptors (Lipinski definition) is 5. The number of nitrogens with one attached hydrogen (secondary N) is 1. The van der Waals surface area contributed by atoms with Gasteiger partial charge in [0.1, 0.15) is 6.04 Å². The van der Waals surface area contributed by atoms with Crippen LogP contribution in [0, 0.1) is 6.92 Å². The van der Waals surface area contributed by atoms with Gasteiger partial charge in [-0.2, -0.15) is 5.10 Å². The maximum Gasteiger partial charge on any atom is 0.238 e. The van der Waals surface area contributed by atoms with Crippen molar-refractivity contribution in [2.24, 2.45) is 0 Å². The summed E-state index contributed by atoms with van der Waals surface area (Å²) >= 11 is 3.52. The number of aromatic nitrogens is 4. The first kappa shape index (κ1) is 13.8. The summed E-state index contributed by atoms with van der Waals surface area (Å²) in [5.41, 5.74) is 1.86. The summed E-state index contributed by atoms with van der Waals surface area (Å²) in [6.07, 6.45) is 3.68. The number of anilines is 1. The minimum Gasteiger partial charge on any atom is -0.423 e. The lowest BCUT2D eigenvalue weighted by Crippen LogP contribution is -2.06. The van der Waals surface area contributed by atoms with Gasteiger partial charge in [0.05, 0.1) is 23.8 Å². The van der Waals surface area contributed by atoms with E-state index in [0.29, 0.717) is 11.8 Å². The summed E-state index contributed by atoms with van der Waals surface area (Å²) in [5, 5.41) is 15.5. The normalized spacial score (nSPS) is 12.3. The number of benzene rings is 1. The van der Waals surface area contributed by atoms with Gasteiger partial charge in [0.2, 0.25) is 11.8 Å². The molecule has 0 saturated carbocycles. The van der Waals surface area contributed by atoms with Crippen LogP contribution < -0.4 is 5.32 Å². The molecule has 0 aliphatic carbocycles. The molecule has 0 saturated heterocycles. The number of para-hydroxylation sites is 1. The van der Waals surface area contributed by atoms with Crippen molar-refractivity contribution in [2.75, 3.05) is 5.32 Å². The van der Waals surface area contributed by atoms with Crippen molar-refractivity contribution in [2.45, 2.75) is 19.9 Å². The van der Waals surface area contributed by atoms with Crippen molar-refractivity contribution in [1.82, 2.24) is 20.0 Å². The zero-order chi connectivity index (χ0) is 14.8. The molecular formula is C14H14BrN5O. The average Bonchev–Trinajstić information content (AvgIpc) is 3.08. The highest BCUT2D eigenvalue weighted by atomic mass is 79.9. The molecule has 21 heavy (non-hydrogen) atoms. The fraction of sp³-hybridized carbons (Fsp3) is 0.214. The summed E-state index contributed by atoms with van der Waals surface area (Å²) in [6.45, 7) is 3.73. The van der Waals surface area contributed by atoms with Gasteiger partial charge in [0.15, 0.2) is 0 Å². The molecule has 0 amide bonds. The first-order valence-electron chi connectivity index (χ1n) is 6.49. The van der Waals surface area contributed by atoms with Crippen LogP contribution in [0.1, 0.15) is 24.7 Å².